The fraction of sp³-hybridized carbons (Fsp3) is 0.375. The number of benzene rings is 1. The lowest BCUT2D eigenvalue weighted by Gasteiger charge is -2.23. The highest BCUT2D eigenvalue weighted by Crippen LogP contribution is 2.34. The van der Waals surface area contributed by atoms with Crippen LogP contribution in [0.5, 0.6) is 0 Å². The SMILES string of the molecule is CC1CCCc2ccc(-c3cc(C(=O)O)nn3C)cc21. The van der Waals surface area contributed by atoms with Gasteiger partial charge in [-0.05, 0) is 48.4 Å². The van der Waals surface area contributed by atoms with Gasteiger partial charge in [0.1, 0.15) is 0 Å². The molecule has 4 heteroatoms. The predicted octanol–water partition coefficient (Wildman–Crippen LogP) is 3.23. The Morgan fingerprint density at radius 3 is 2.90 bits per heavy atom. The maximum Gasteiger partial charge on any atom is 0.356 e. The standard InChI is InChI=1S/C16H18N2O2/c1-10-4-3-5-11-6-7-12(8-13(10)11)15-9-14(16(19)20)17-18(15)2/h6-10H,3-5H2,1-2H3,(H,19,20). The zero-order valence-electron chi connectivity index (χ0n) is 11.8. The van der Waals surface area contributed by atoms with Gasteiger partial charge in [-0.1, -0.05) is 19.1 Å². The van der Waals surface area contributed by atoms with Crippen LogP contribution in [0.3, 0.4) is 0 Å². The molecule has 3 rings (SSSR count). The lowest BCUT2D eigenvalue weighted by Crippen LogP contribution is -2.07. The summed E-state index contributed by atoms with van der Waals surface area (Å²) in [6, 6.07) is 8.08. The predicted molar refractivity (Wildman–Crippen MR) is 77.0 cm³/mol. The molecule has 1 heterocycles. The molecule has 0 saturated heterocycles. The molecule has 0 saturated carbocycles. The average Bonchev–Trinajstić information content (AvgIpc) is 2.81. The number of hydrogen-bond donors (Lipinski definition) is 1. The van der Waals surface area contributed by atoms with E-state index < -0.39 is 5.97 Å². The first-order chi connectivity index (χ1) is 9.56. The van der Waals surface area contributed by atoms with Crippen molar-refractivity contribution in [2.75, 3.05) is 0 Å². The van der Waals surface area contributed by atoms with Crippen molar-refractivity contribution >= 4 is 5.97 Å². The maximum atomic E-state index is 11.0. The first-order valence-electron chi connectivity index (χ1n) is 6.97. The molecule has 2 aromatic rings. The molecule has 1 aromatic heterocycles. The number of aromatic carboxylic acids is 1. The van der Waals surface area contributed by atoms with E-state index in [-0.39, 0.29) is 5.69 Å². The monoisotopic (exact) mass is 270 g/mol. The van der Waals surface area contributed by atoms with Gasteiger partial charge >= 0.3 is 5.97 Å². The number of rotatable bonds is 2. The van der Waals surface area contributed by atoms with E-state index in [1.807, 2.05) is 0 Å². The van der Waals surface area contributed by atoms with Crippen LogP contribution in [0.25, 0.3) is 11.3 Å². The third-order valence-corrected chi connectivity index (χ3v) is 4.15. The summed E-state index contributed by atoms with van der Waals surface area (Å²) in [6.07, 6.45) is 3.62. The van der Waals surface area contributed by atoms with Gasteiger partial charge in [0.15, 0.2) is 5.69 Å². The van der Waals surface area contributed by atoms with Crippen LogP contribution in [-0.2, 0) is 13.5 Å². The third kappa shape index (κ3) is 2.11. The van der Waals surface area contributed by atoms with Crippen molar-refractivity contribution in [2.45, 2.75) is 32.1 Å². The molecule has 20 heavy (non-hydrogen) atoms. The third-order valence-electron chi connectivity index (χ3n) is 4.15. The summed E-state index contributed by atoms with van der Waals surface area (Å²) in [5.74, 6) is -0.413. The topological polar surface area (TPSA) is 55.1 Å². The Morgan fingerprint density at radius 1 is 1.40 bits per heavy atom. The number of carboxylic acid groups (broad SMARTS) is 1. The van der Waals surface area contributed by atoms with Crippen molar-refractivity contribution in [3.05, 3.63) is 41.1 Å². The number of nitrogens with zero attached hydrogens (tertiary/aromatic N) is 2. The van der Waals surface area contributed by atoms with Gasteiger partial charge in [0, 0.05) is 12.6 Å². The number of hydrogen-bond acceptors (Lipinski definition) is 2. The van der Waals surface area contributed by atoms with Crippen LogP contribution < -0.4 is 0 Å². The number of carbonyl (C=O) groups is 1. The van der Waals surface area contributed by atoms with Crippen molar-refractivity contribution in [1.29, 1.82) is 0 Å². The Hall–Kier alpha value is -2.10. The molecule has 0 spiro atoms. The van der Waals surface area contributed by atoms with Crippen LogP contribution in [0.4, 0.5) is 0 Å². The van der Waals surface area contributed by atoms with Crippen molar-refractivity contribution in [3.8, 4) is 11.3 Å². The molecule has 1 aliphatic rings. The van der Waals surface area contributed by atoms with Gasteiger partial charge in [0.25, 0.3) is 0 Å². The van der Waals surface area contributed by atoms with E-state index in [9.17, 15) is 4.79 Å². The fourth-order valence-corrected chi connectivity index (χ4v) is 3.04. The summed E-state index contributed by atoms with van der Waals surface area (Å²) in [5.41, 5.74) is 4.80. The minimum Gasteiger partial charge on any atom is -0.476 e. The number of fused-ring (bicyclic) bond motifs is 1. The minimum atomic E-state index is -0.988. The van der Waals surface area contributed by atoms with Gasteiger partial charge in [0.2, 0.25) is 0 Å². The fourth-order valence-electron chi connectivity index (χ4n) is 3.04. The smallest absolute Gasteiger partial charge is 0.356 e. The number of carboxylic acids is 1. The normalized spacial score (nSPS) is 17.8. The van der Waals surface area contributed by atoms with Crippen LogP contribution in [0.15, 0.2) is 24.3 Å². The minimum absolute atomic E-state index is 0.0910. The highest BCUT2D eigenvalue weighted by atomic mass is 16.4. The number of aryl methyl sites for hydroxylation is 2. The molecule has 0 amide bonds. The van der Waals surface area contributed by atoms with Crippen molar-refractivity contribution in [2.24, 2.45) is 7.05 Å². The van der Waals surface area contributed by atoms with Gasteiger partial charge in [-0.15, -0.1) is 0 Å². The first kappa shape index (κ1) is 12.9. The molecule has 0 radical (unpaired) electrons. The second-order valence-electron chi connectivity index (χ2n) is 5.55. The highest BCUT2D eigenvalue weighted by Gasteiger charge is 2.18. The van der Waals surface area contributed by atoms with E-state index in [4.69, 9.17) is 5.11 Å². The summed E-state index contributed by atoms with van der Waals surface area (Å²) in [7, 11) is 1.78. The van der Waals surface area contributed by atoms with Gasteiger partial charge in [-0.3, -0.25) is 4.68 Å². The Balaban J connectivity index is 2.07. The summed E-state index contributed by atoms with van der Waals surface area (Å²) < 4.78 is 1.64. The second-order valence-corrected chi connectivity index (χ2v) is 5.55. The van der Waals surface area contributed by atoms with Crippen molar-refractivity contribution in [3.63, 3.8) is 0 Å². The van der Waals surface area contributed by atoms with Crippen LogP contribution in [0, 0.1) is 0 Å². The molecule has 0 aliphatic heterocycles. The maximum absolute atomic E-state index is 11.0. The van der Waals surface area contributed by atoms with Gasteiger partial charge < -0.3 is 5.11 Å². The van der Waals surface area contributed by atoms with E-state index in [0.717, 1.165) is 17.7 Å². The Bertz CT molecular complexity index is 673. The molecule has 1 atom stereocenters. The first-order valence-corrected chi connectivity index (χ1v) is 6.97. The quantitative estimate of drug-likeness (QED) is 0.911. The molecular formula is C16H18N2O2. The molecule has 4 nitrogen and oxygen atoms in total. The Morgan fingerprint density at radius 2 is 2.20 bits per heavy atom. The molecule has 1 aromatic carbocycles. The van der Waals surface area contributed by atoms with Crippen molar-refractivity contribution in [1.82, 2.24) is 9.78 Å². The van der Waals surface area contributed by atoms with Gasteiger partial charge in [-0.2, -0.15) is 5.10 Å². The van der Waals surface area contributed by atoms with Gasteiger partial charge in [0.05, 0.1) is 5.69 Å². The Kier molecular flexibility index (Phi) is 3.08. The second kappa shape index (κ2) is 4.78. The average molecular weight is 270 g/mol. The van der Waals surface area contributed by atoms with Crippen LogP contribution in [0.1, 0.15) is 47.3 Å². The highest BCUT2D eigenvalue weighted by molar-refractivity contribution is 5.87. The van der Waals surface area contributed by atoms with Crippen LogP contribution in [0.2, 0.25) is 0 Å². The summed E-state index contributed by atoms with van der Waals surface area (Å²) in [6.45, 7) is 2.26. The summed E-state index contributed by atoms with van der Waals surface area (Å²) >= 11 is 0. The van der Waals surface area contributed by atoms with Crippen LogP contribution >= 0.6 is 0 Å². The largest absolute Gasteiger partial charge is 0.476 e. The molecule has 0 bridgehead atoms. The molecule has 104 valence electrons. The van der Waals surface area contributed by atoms with E-state index in [1.54, 1.807) is 17.8 Å². The molecular weight excluding hydrogens is 252 g/mol. The molecule has 1 aliphatic carbocycles. The molecule has 1 unspecified atom stereocenters. The van der Waals surface area contributed by atoms with E-state index >= 15 is 0 Å². The zero-order chi connectivity index (χ0) is 14.3. The van der Waals surface area contributed by atoms with Gasteiger partial charge in [-0.25, -0.2) is 4.79 Å². The van der Waals surface area contributed by atoms with E-state index in [0.29, 0.717) is 5.92 Å². The zero-order valence-corrected chi connectivity index (χ0v) is 11.8. The van der Waals surface area contributed by atoms with E-state index in [1.165, 1.54) is 24.0 Å². The van der Waals surface area contributed by atoms with Crippen LogP contribution in [-0.4, -0.2) is 20.9 Å². The lowest BCUT2D eigenvalue weighted by atomic mass is 9.83. The van der Waals surface area contributed by atoms with E-state index in [2.05, 4.69) is 30.2 Å². The Labute approximate surface area is 118 Å². The molecule has 0 fully saturated rings. The summed E-state index contributed by atoms with van der Waals surface area (Å²) in [5, 5.41) is 13.1. The molecule has 1 N–H and O–H groups in total. The summed E-state index contributed by atoms with van der Waals surface area (Å²) in [4.78, 5) is 11.0. The van der Waals surface area contributed by atoms with Crippen molar-refractivity contribution < 1.29 is 9.90 Å². The lowest BCUT2D eigenvalue weighted by molar-refractivity contribution is 0.0689. The number of aromatic nitrogens is 2.